The summed E-state index contributed by atoms with van der Waals surface area (Å²) in [5, 5.41) is 8.29. The van der Waals surface area contributed by atoms with Crippen molar-refractivity contribution in [2.75, 3.05) is 11.9 Å². The van der Waals surface area contributed by atoms with E-state index in [2.05, 4.69) is 15.4 Å². The molecule has 0 radical (unpaired) electrons. The molecule has 0 aromatic carbocycles. The molecule has 3 fully saturated rings. The molecule has 134 valence electrons. The number of fused-ring (bicyclic) bond motifs is 4. The number of esters is 1. The molecule has 2 atom stereocenters. The number of aromatic nitrogens is 3. The third-order valence-corrected chi connectivity index (χ3v) is 5.98. The Morgan fingerprint density at radius 1 is 1.32 bits per heavy atom. The first kappa shape index (κ1) is 16.9. The number of hydrogen-bond acceptors (Lipinski definition) is 5. The van der Waals surface area contributed by atoms with Crippen LogP contribution >= 0.6 is 23.2 Å². The number of rotatable bonds is 4. The molecule has 2 aromatic rings. The molecule has 2 bridgehead atoms. The summed E-state index contributed by atoms with van der Waals surface area (Å²) in [6.45, 7) is 2.24. The van der Waals surface area contributed by atoms with E-state index in [1.165, 1.54) is 0 Å². The number of nitrogens with one attached hydrogen (secondary N) is 1. The molecule has 2 aromatic heterocycles. The van der Waals surface area contributed by atoms with E-state index in [4.69, 9.17) is 27.9 Å². The van der Waals surface area contributed by atoms with Gasteiger partial charge in [-0.3, -0.25) is 4.79 Å². The predicted octanol–water partition coefficient (Wildman–Crippen LogP) is 3.82. The van der Waals surface area contributed by atoms with Gasteiger partial charge in [0.1, 0.15) is 5.52 Å². The van der Waals surface area contributed by atoms with Crippen molar-refractivity contribution in [3.8, 4) is 0 Å². The van der Waals surface area contributed by atoms with Gasteiger partial charge in [0.2, 0.25) is 5.28 Å². The van der Waals surface area contributed by atoms with Crippen LogP contribution in [0.5, 0.6) is 0 Å². The lowest BCUT2D eigenvalue weighted by Gasteiger charge is -2.47. The van der Waals surface area contributed by atoms with Gasteiger partial charge in [-0.25, -0.2) is 4.52 Å². The molecule has 0 spiro atoms. The van der Waals surface area contributed by atoms with Crippen molar-refractivity contribution in [3.05, 3.63) is 22.6 Å². The molecule has 3 aliphatic rings. The number of carbonyl (C=O) groups is 1. The Hall–Kier alpha value is -1.53. The van der Waals surface area contributed by atoms with Gasteiger partial charge in [-0.1, -0.05) is 11.6 Å². The van der Waals surface area contributed by atoms with Crippen molar-refractivity contribution in [2.45, 2.75) is 38.6 Å². The minimum Gasteiger partial charge on any atom is -0.466 e. The topological polar surface area (TPSA) is 68.5 Å². The quantitative estimate of drug-likeness (QED) is 0.813. The zero-order valence-corrected chi connectivity index (χ0v) is 15.4. The highest BCUT2D eigenvalue weighted by Gasteiger charge is 2.48. The second kappa shape index (κ2) is 6.65. The van der Waals surface area contributed by atoms with Crippen LogP contribution in [-0.2, 0) is 9.53 Å². The van der Waals surface area contributed by atoms with Crippen LogP contribution in [0.3, 0.4) is 0 Å². The zero-order valence-electron chi connectivity index (χ0n) is 13.9. The maximum absolute atomic E-state index is 12.6. The van der Waals surface area contributed by atoms with E-state index in [0.29, 0.717) is 34.8 Å². The molecule has 2 heterocycles. The van der Waals surface area contributed by atoms with Crippen molar-refractivity contribution < 1.29 is 9.53 Å². The Morgan fingerprint density at radius 3 is 2.76 bits per heavy atom. The van der Waals surface area contributed by atoms with E-state index in [0.717, 1.165) is 25.7 Å². The van der Waals surface area contributed by atoms with Gasteiger partial charge in [0.25, 0.3) is 0 Å². The van der Waals surface area contributed by atoms with E-state index in [1.807, 2.05) is 6.92 Å². The highest BCUT2D eigenvalue weighted by Crippen LogP contribution is 2.47. The largest absolute Gasteiger partial charge is 0.466 e. The third kappa shape index (κ3) is 2.95. The number of halogens is 2. The molecule has 5 rings (SSSR count). The third-order valence-electron chi connectivity index (χ3n) is 5.52. The van der Waals surface area contributed by atoms with Gasteiger partial charge in [0.15, 0.2) is 5.82 Å². The molecule has 0 aliphatic heterocycles. The van der Waals surface area contributed by atoms with Crippen molar-refractivity contribution in [2.24, 2.45) is 17.8 Å². The molecule has 0 amide bonds. The van der Waals surface area contributed by atoms with Crippen molar-refractivity contribution in [3.63, 3.8) is 0 Å². The second-order valence-corrected chi connectivity index (χ2v) is 7.55. The van der Waals surface area contributed by atoms with E-state index >= 15 is 0 Å². The molecule has 3 saturated carbocycles. The first-order valence-electron chi connectivity index (χ1n) is 8.72. The van der Waals surface area contributed by atoms with Gasteiger partial charge < -0.3 is 10.1 Å². The Balaban J connectivity index is 1.71. The number of nitrogens with zero attached hydrogens (tertiary/aromatic N) is 3. The van der Waals surface area contributed by atoms with E-state index in [9.17, 15) is 4.79 Å². The number of carbonyl (C=O) groups excluding carboxylic acids is 1. The highest BCUT2D eigenvalue weighted by molar-refractivity contribution is 6.34. The summed E-state index contributed by atoms with van der Waals surface area (Å²) in [4.78, 5) is 16.9. The fourth-order valence-corrected chi connectivity index (χ4v) is 4.85. The van der Waals surface area contributed by atoms with Gasteiger partial charge in [-0.05, 0) is 62.1 Å². The minimum atomic E-state index is -0.157. The average Bonchev–Trinajstić information content (AvgIpc) is 2.97. The van der Waals surface area contributed by atoms with Crippen LogP contribution < -0.4 is 5.32 Å². The molecular formula is C17H20Cl2N4O2. The van der Waals surface area contributed by atoms with Crippen LogP contribution in [-0.4, -0.2) is 33.2 Å². The maximum atomic E-state index is 12.6. The van der Waals surface area contributed by atoms with Crippen LogP contribution in [0, 0.1) is 17.8 Å². The summed E-state index contributed by atoms with van der Waals surface area (Å²) in [7, 11) is 0. The molecule has 8 heteroatoms. The van der Waals surface area contributed by atoms with Crippen LogP contribution in [0.25, 0.3) is 5.52 Å². The monoisotopic (exact) mass is 382 g/mol. The lowest BCUT2D eigenvalue weighted by atomic mass is 9.61. The molecule has 6 nitrogen and oxygen atoms in total. The molecule has 25 heavy (non-hydrogen) atoms. The molecule has 1 N–H and O–H groups in total. The highest BCUT2D eigenvalue weighted by atomic mass is 35.5. The van der Waals surface area contributed by atoms with E-state index in [1.54, 1.807) is 16.8 Å². The standard InChI is InChI=1S/C17H20Cl2N4O2/c1-2-25-16(24)12-9-3-5-10(6-4-9)13(12)20-15-14-11(18)7-8-23(14)22-17(19)21-15/h7-10,12-13H,2-6H2,1H3,(H,20,21,22). The Kier molecular flexibility index (Phi) is 4.50. The van der Waals surface area contributed by atoms with E-state index in [-0.39, 0.29) is 23.2 Å². The zero-order chi connectivity index (χ0) is 17.6. The number of anilines is 1. The van der Waals surface area contributed by atoms with Gasteiger partial charge in [-0.15, -0.1) is 5.10 Å². The second-order valence-electron chi connectivity index (χ2n) is 6.81. The van der Waals surface area contributed by atoms with Crippen LogP contribution in [0.4, 0.5) is 5.82 Å². The lowest BCUT2D eigenvalue weighted by Crippen LogP contribution is -2.52. The number of ether oxygens (including phenoxy) is 1. The van der Waals surface area contributed by atoms with Crippen LogP contribution in [0.2, 0.25) is 10.3 Å². The normalized spacial score (nSPS) is 28.3. The smallest absolute Gasteiger partial charge is 0.311 e. The molecular weight excluding hydrogens is 363 g/mol. The van der Waals surface area contributed by atoms with Crippen LogP contribution in [0.1, 0.15) is 32.6 Å². The maximum Gasteiger partial charge on any atom is 0.311 e. The Bertz CT molecular complexity index is 801. The van der Waals surface area contributed by atoms with Crippen molar-refractivity contribution >= 4 is 40.5 Å². The minimum absolute atomic E-state index is 0.0210. The molecule has 0 saturated heterocycles. The molecule has 3 aliphatic carbocycles. The lowest BCUT2D eigenvalue weighted by molar-refractivity contribution is -0.154. The van der Waals surface area contributed by atoms with Crippen LogP contribution in [0.15, 0.2) is 12.3 Å². The summed E-state index contributed by atoms with van der Waals surface area (Å²) in [6, 6.07) is 1.73. The summed E-state index contributed by atoms with van der Waals surface area (Å²) in [6.07, 6.45) is 6.13. The van der Waals surface area contributed by atoms with Gasteiger partial charge >= 0.3 is 5.97 Å². The average molecular weight is 383 g/mol. The Morgan fingerprint density at radius 2 is 2.04 bits per heavy atom. The first-order chi connectivity index (χ1) is 12.1. The SMILES string of the molecule is CCOC(=O)C1C2CCC(CC2)C1Nc1nc(Cl)nn2ccc(Cl)c12. The van der Waals surface area contributed by atoms with Gasteiger partial charge in [0, 0.05) is 12.2 Å². The van der Waals surface area contributed by atoms with Gasteiger partial charge in [-0.2, -0.15) is 4.98 Å². The van der Waals surface area contributed by atoms with Crippen molar-refractivity contribution in [1.82, 2.24) is 14.6 Å². The Labute approximate surface area is 155 Å². The molecule has 2 unspecified atom stereocenters. The van der Waals surface area contributed by atoms with Gasteiger partial charge in [0.05, 0.1) is 17.5 Å². The van der Waals surface area contributed by atoms with Crippen molar-refractivity contribution in [1.29, 1.82) is 0 Å². The predicted molar refractivity (Wildman–Crippen MR) is 96.0 cm³/mol. The fourth-order valence-electron chi connectivity index (χ4n) is 4.45. The summed E-state index contributed by atoms with van der Waals surface area (Å²) in [5.41, 5.74) is 0.676. The summed E-state index contributed by atoms with van der Waals surface area (Å²) >= 11 is 12.4. The van der Waals surface area contributed by atoms with E-state index < -0.39 is 0 Å². The summed E-state index contributed by atoms with van der Waals surface area (Å²) < 4.78 is 6.96. The summed E-state index contributed by atoms with van der Waals surface area (Å²) in [5.74, 6) is 1.07. The fraction of sp³-hybridized carbons (Fsp3) is 0.588. The first-order valence-corrected chi connectivity index (χ1v) is 9.47. The number of hydrogen-bond donors (Lipinski definition) is 1.